The van der Waals surface area contributed by atoms with Crippen molar-refractivity contribution < 1.29 is 13.9 Å². The Morgan fingerprint density at radius 2 is 2.41 bits per heavy atom. The third-order valence-corrected chi connectivity index (χ3v) is 2.16. The summed E-state index contributed by atoms with van der Waals surface area (Å²) in [6, 6.07) is 3.54. The Kier molecular flexibility index (Phi) is 6.82. The topological polar surface area (TPSA) is 51.5 Å². The van der Waals surface area contributed by atoms with Gasteiger partial charge < -0.3 is 14.5 Å². The van der Waals surface area contributed by atoms with Crippen LogP contribution in [0.1, 0.15) is 25.5 Å². The minimum atomic E-state index is -0.348. The van der Waals surface area contributed by atoms with E-state index in [1.165, 1.54) is 12.5 Å². The van der Waals surface area contributed by atoms with Crippen LogP contribution in [0.15, 0.2) is 28.9 Å². The van der Waals surface area contributed by atoms with Crippen LogP contribution in [0.4, 0.5) is 0 Å². The number of nitrogens with one attached hydrogen (secondary N) is 1. The number of hydrogen-bond donors (Lipinski definition) is 1. The van der Waals surface area contributed by atoms with Gasteiger partial charge in [-0.05, 0) is 31.2 Å². The maximum atomic E-state index is 11.2. The fourth-order valence-electron chi connectivity index (χ4n) is 1.23. The lowest BCUT2D eigenvalue weighted by molar-refractivity contribution is -0.137. The Hall–Kier alpha value is -1.55. The van der Waals surface area contributed by atoms with Gasteiger partial charge in [-0.15, -0.1) is 0 Å². The highest BCUT2D eigenvalue weighted by Gasteiger charge is 1.97. The summed E-state index contributed by atoms with van der Waals surface area (Å²) in [4.78, 5) is 11.2. The first kappa shape index (κ1) is 13.5. The van der Waals surface area contributed by atoms with E-state index in [2.05, 4.69) is 12.2 Å². The summed E-state index contributed by atoms with van der Waals surface area (Å²) >= 11 is 0. The van der Waals surface area contributed by atoms with Gasteiger partial charge in [0.15, 0.2) is 0 Å². The average Bonchev–Trinajstić information content (AvgIpc) is 2.84. The van der Waals surface area contributed by atoms with Crippen LogP contribution in [0, 0.1) is 0 Å². The summed E-state index contributed by atoms with van der Waals surface area (Å²) in [7, 11) is 0. The van der Waals surface area contributed by atoms with Crippen LogP contribution in [-0.4, -0.2) is 25.7 Å². The third kappa shape index (κ3) is 6.58. The highest BCUT2D eigenvalue weighted by Crippen LogP contribution is 2.02. The smallest absolute Gasteiger partial charge is 0.330 e. The van der Waals surface area contributed by atoms with Crippen molar-refractivity contribution in [2.24, 2.45) is 0 Å². The number of hydrogen-bond acceptors (Lipinski definition) is 4. The lowest BCUT2D eigenvalue weighted by Crippen LogP contribution is -2.21. The molecule has 0 spiro atoms. The molecule has 0 aliphatic carbocycles. The molecule has 17 heavy (non-hydrogen) atoms. The number of rotatable bonds is 8. The third-order valence-electron chi connectivity index (χ3n) is 2.16. The van der Waals surface area contributed by atoms with E-state index in [1.807, 2.05) is 0 Å². The van der Waals surface area contributed by atoms with E-state index in [0.29, 0.717) is 18.9 Å². The van der Waals surface area contributed by atoms with Crippen molar-refractivity contribution in [3.8, 4) is 0 Å². The van der Waals surface area contributed by atoms with Crippen molar-refractivity contribution in [1.82, 2.24) is 5.32 Å². The summed E-state index contributed by atoms with van der Waals surface area (Å²) in [5.41, 5.74) is 0. The van der Waals surface area contributed by atoms with Gasteiger partial charge in [-0.25, -0.2) is 4.79 Å². The molecular formula is C13H19NO3. The highest BCUT2D eigenvalue weighted by atomic mass is 16.5. The maximum Gasteiger partial charge on any atom is 0.330 e. The fraction of sp³-hybridized carbons (Fsp3) is 0.462. The largest absolute Gasteiger partial charge is 0.465 e. The summed E-state index contributed by atoms with van der Waals surface area (Å²) < 4.78 is 10.0. The van der Waals surface area contributed by atoms with Crippen LogP contribution in [0.2, 0.25) is 0 Å². The van der Waals surface area contributed by atoms with Gasteiger partial charge in [-0.1, -0.05) is 13.3 Å². The van der Waals surface area contributed by atoms with Gasteiger partial charge in [-0.2, -0.15) is 0 Å². The van der Waals surface area contributed by atoms with Gasteiger partial charge in [-0.3, -0.25) is 0 Å². The molecule has 0 radical (unpaired) electrons. The molecule has 0 amide bonds. The van der Waals surface area contributed by atoms with Gasteiger partial charge in [0.1, 0.15) is 12.4 Å². The van der Waals surface area contributed by atoms with Gasteiger partial charge in [0, 0.05) is 12.6 Å². The molecule has 1 rings (SSSR count). The van der Waals surface area contributed by atoms with Crippen molar-refractivity contribution >= 4 is 12.0 Å². The number of carbonyl (C=O) groups excluding carboxylic acids is 1. The monoisotopic (exact) mass is 237 g/mol. The molecule has 1 N–H and O–H groups in total. The fourth-order valence-corrected chi connectivity index (χ4v) is 1.23. The highest BCUT2D eigenvalue weighted by molar-refractivity contribution is 5.86. The van der Waals surface area contributed by atoms with Crippen molar-refractivity contribution in [3.63, 3.8) is 0 Å². The lowest BCUT2D eigenvalue weighted by atomic mass is 10.3. The Balaban J connectivity index is 2.05. The van der Waals surface area contributed by atoms with Gasteiger partial charge >= 0.3 is 5.97 Å². The first-order valence-corrected chi connectivity index (χ1v) is 5.92. The zero-order valence-electron chi connectivity index (χ0n) is 10.1. The summed E-state index contributed by atoms with van der Waals surface area (Å²) in [5.74, 6) is 0.293. The molecule has 4 nitrogen and oxygen atoms in total. The first-order valence-electron chi connectivity index (χ1n) is 5.92. The number of furan rings is 1. The molecule has 0 unspecified atom stereocenters. The SMILES string of the molecule is CCCCNCCOC(=O)/C=C/c1ccco1. The molecule has 0 saturated heterocycles. The molecule has 0 fully saturated rings. The van der Waals surface area contributed by atoms with Gasteiger partial charge in [0.2, 0.25) is 0 Å². The molecular weight excluding hydrogens is 218 g/mol. The molecule has 1 heterocycles. The van der Waals surface area contributed by atoms with E-state index in [4.69, 9.17) is 9.15 Å². The molecule has 0 bridgehead atoms. The minimum Gasteiger partial charge on any atom is -0.465 e. The number of unbranched alkanes of at least 4 members (excludes halogenated alkanes) is 1. The first-order chi connectivity index (χ1) is 8.33. The van der Waals surface area contributed by atoms with Crippen molar-refractivity contribution in [2.45, 2.75) is 19.8 Å². The van der Waals surface area contributed by atoms with E-state index in [0.717, 1.165) is 13.0 Å². The van der Waals surface area contributed by atoms with Gasteiger partial charge in [0.05, 0.1) is 6.26 Å². The molecule has 0 aromatic carbocycles. The molecule has 0 atom stereocenters. The van der Waals surface area contributed by atoms with Crippen LogP contribution < -0.4 is 5.32 Å². The van der Waals surface area contributed by atoms with Crippen molar-refractivity contribution in [2.75, 3.05) is 19.7 Å². The number of esters is 1. The molecule has 4 heteroatoms. The van der Waals surface area contributed by atoms with Crippen molar-refractivity contribution in [1.29, 1.82) is 0 Å². The second-order valence-electron chi connectivity index (χ2n) is 3.62. The van der Waals surface area contributed by atoms with Crippen molar-refractivity contribution in [3.05, 3.63) is 30.2 Å². The van der Waals surface area contributed by atoms with Crippen LogP contribution in [0.5, 0.6) is 0 Å². The van der Waals surface area contributed by atoms with E-state index < -0.39 is 0 Å². The molecule has 1 aromatic rings. The summed E-state index contributed by atoms with van der Waals surface area (Å²) in [5, 5.41) is 3.19. The Morgan fingerprint density at radius 3 is 3.12 bits per heavy atom. The Bertz CT molecular complexity index is 330. The predicted octanol–water partition coefficient (Wildman–Crippen LogP) is 2.23. The van der Waals surface area contributed by atoms with Gasteiger partial charge in [0.25, 0.3) is 0 Å². The normalized spacial score (nSPS) is 10.9. The molecule has 0 aliphatic heterocycles. The van der Waals surface area contributed by atoms with Crippen LogP contribution >= 0.6 is 0 Å². The quantitative estimate of drug-likeness (QED) is 0.428. The molecule has 0 aliphatic rings. The van der Waals surface area contributed by atoms with E-state index >= 15 is 0 Å². The minimum absolute atomic E-state index is 0.348. The molecule has 0 saturated carbocycles. The summed E-state index contributed by atoms with van der Waals surface area (Å²) in [6.45, 7) is 4.20. The van der Waals surface area contributed by atoms with Crippen LogP contribution in [-0.2, 0) is 9.53 Å². The van der Waals surface area contributed by atoms with E-state index in [-0.39, 0.29) is 5.97 Å². The maximum absolute atomic E-state index is 11.2. The Morgan fingerprint density at radius 1 is 1.53 bits per heavy atom. The lowest BCUT2D eigenvalue weighted by Gasteiger charge is -2.03. The second-order valence-corrected chi connectivity index (χ2v) is 3.62. The number of carbonyl (C=O) groups is 1. The van der Waals surface area contributed by atoms with Crippen LogP contribution in [0.25, 0.3) is 6.08 Å². The second kappa shape index (κ2) is 8.58. The Labute approximate surface area is 102 Å². The zero-order chi connectivity index (χ0) is 12.3. The van der Waals surface area contributed by atoms with E-state index in [1.54, 1.807) is 24.5 Å². The molecule has 94 valence electrons. The standard InChI is InChI=1S/C13H19NO3/c1-2-3-8-14-9-11-17-13(15)7-6-12-5-4-10-16-12/h4-7,10,14H,2-3,8-9,11H2,1H3/b7-6+. The number of ether oxygens (including phenoxy) is 1. The van der Waals surface area contributed by atoms with E-state index in [9.17, 15) is 4.79 Å². The molecule has 1 aromatic heterocycles. The average molecular weight is 237 g/mol. The predicted molar refractivity (Wildman–Crippen MR) is 66.5 cm³/mol. The zero-order valence-corrected chi connectivity index (χ0v) is 10.1. The van der Waals surface area contributed by atoms with Crippen LogP contribution in [0.3, 0.4) is 0 Å². The summed E-state index contributed by atoms with van der Waals surface area (Å²) in [6.07, 6.45) is 6.82.